The molecule has 0 spiro atoms. The summed E-state index contributed by atoms with van der Waals surface area (Å²) >= 11 is 0. The lowest BCUT2D eigenvalue weighted by molar-refractivity contribution is -0.137. The van der Waals surface area contributed by atoms with Crippen LogP contribution in [0.25, 0.3) is 21.9 Å². The highest BCUT2D eigenvalue weighted by Gasteiger charge is 2.31. The summed E-state index contributed by atoms with van der Waals surface area (Å²) in [6.07, 6.45) is -3.32. The van der Waals surface area contributed by atoms with Crippen molar-refractivity contribution in [3.8, 4) is 0 Å². The molecule has 0 unspecified atom stereocenters. The van der Waals surface area contributed by atoms with Crippen LogP contribution in [-0.4, -0.2) is 56.4 Å². The highest BCUT2D eigenvalue weighted by atomic mass is 19.4. The summed E-state index contributed by atoms with van der Waals surface area (Å²) < 4.78 is 80.5. The van der Waals surface area contributed by atoms with Crippen molar-refractivity contribution in [1.29, 1.82) is 0 Å². The monoisotopic (exact) mass is 537 g/mol. The van der Waals surface area contributed by atoms with E-state index >= 15 is 0 Å². The predicted molar refractivity (Wildman–Crippen MR) is 126 cm³/mol. The summed E-state index contributed by atoms with van der Waals surface area (Å²) in [5.41, 5.74) is -0.548. The van der Waals surface area contributed by atoms with Crippen LogP contribution >= 0.6 is 0 Å². The van der Waals surface area contributed by atoms with Crippen molar-refractivity contribution < 1.29 is 31.1 Å². The van der Waals surface area contributed by atoms with Crippen molar-refractivity contribution in [3.63, 3.8) is 0 Å². The second kappa shape index (κ2) is 9.78. The number of aryl methyl sites for hydroxylation is 1. The van der Waals surface area contributed by atoms with Crippen molar-refractivity contribution in [1.82, 2.24) is 24.3 Å². The van der Waals surface area contributed by atoms with Crippen molar-refractivity contribution in [2.45, 2.75) is 25.7 Å². The molecule has 5 rings (SSSR count). The summed E-state index contributed by atoms with van der Waals surface area (Å²) in [6.45, 7) is 1.83. The second-order valence-corrected chi connectivity index (χ2v) is 9.13. The second-order valence-electron chi connectivity index (χ2n) is 9.13. The zero-order chi connectivity index (χ0) is 27.2. The van der Waals surface area contributed by atoms with Gasteiger partial charge in [0.15, 0.2) is 17.5 Å². The number of hydrogen-bond acceptors (Lipinski definition) is 4. The van der Waals surface area contributed by atoms with Crippen molar-refractivity contribution in [2.24, 2.45) is 0 Å². The topological polar surface area (TPSA) is 74.2 Å². The van der Waals surface area contributed by atoms with Gasteiger partial charge in [-0.2, -0.15) is 13.2 Å². The van der Waals surface area contributed by atoms with Crippen molar-refractivity contribution in [3.05, 3.63) is 75.6 Å². The molecule has 2 aromatic carbocycles. The zero-order valence-electron chi connectivity index (χ0n) is 19.8. The summed E-state index contributed by atoms with van der Waals surface area (Å²) in [6, 6.07) is 5.00. The molecular formula is C25H21F6N5O2. The zero-order valence-corrected chi connectivity index (χ0v) is 19.8. The maximum atomic E-state index is 13.5. The number of H-pyrrole nitrogens is 1. The molecule has 1 aliphatic heterocycles. The van der Waals surface area contributed by atoms with Crippen LogP contribution in [0.3, 0.4) is 0 Å². The Bertz CT molecular complexity index is 1560. The molecular weight excluding hydrogens is 516 g/mol. The number of piperazine rings is 1. The summed E-state index contributed by atoms with van der Waals surface area (Å²) in [4.78, 5) is 36.1. The van der Waals surface area contributed by atoms with Gasteiger partial charge < -0.3 is 9.88 Å². The van der Waals surface area contributed by atoms with E-state index < -0.39 is 34.8 Å². The van der Waals surface area contributed by atoms with Crippen LogP contribution in [0.1, 0.15) is 17.5 Å². The van der Waals surface area contributed by atoms with Crippen LogP contribution < -0.4 is 5.56 Å². The van der Waals surface area contributed by atoms with Crippen molar-refractivity contribution in [2.75, 3.05) is 26.2 Å². The SMILES string of the molecule is O=C(CCn1cnc2c([nH]c3ccc(C(F)(F)F)cc32)c1=O)N1CCN(Cc2cc(F)c(F)c(F)c2)CC1. The summed E-state index contributed by atoms with van der Waals surface area (Å²) in [5, 5.41) is 0.180. The number of nitrogens with zero attached hydrogens (tertiary/aromatic N) is 4. The van der Waals surface area contributed by atoms with E-state index in [2.05, 4.69) is 9.97 Å². The van der Waals surface area contributed by atoms with Gasteiger partial charge in [-0.1, -0.05) is 0 Å². The summed E-state index contributed by atoms with van der Waals surface area (Å²) in [5.74, 6) is -4.23. The number of nitrogens with one attached hydrogen (secondary N) is 1. The van der Waals surface area contributed by atoms with Crippen LogP contribution in [0, 0.1) is 17.5 Å². The molecule has 0 bridgehead atoms. The Labute approximate surface area is 211 Å². The molecule has 4 aromatic rings. The quantitative estimate of drug-likeness (QED) is 0.308. The van der Waals surface area contributed by atoms with Gasteiger partial charge in [0, 0.05) is 56.6 Å². The average Bonchev–Trinajstić information content (AvgIpc) is 3.25. The van der Waals surface area contributed by atoms with Gasteiger partial charge in [0.1, 0.15) is 11.0 Å². The Morgan fingerprint density at radius 2 is 1.68 bits per heavy atom. The third-order valence-electron chi connectivity index (χ3n) is 6.64. The Morgan fingerprint density at radius 3 is 2.34 bits per heavy atom. The molecule has 3 heterocycles. The summed E-state index contributed by atoms with van der Waals surface area (Å²) in [7, 11) is 0. The molecule has 0 saturated carbocycles. The number of alkyl halides is 3. The van der Waals surface area contributed by atoms with E-state index in [4.69, 9.17) is 0 Å². The number of carbonyl (C=O) groups is 1. The number of aromatic amines is 1. The first-order valence-corrected chi connectivity index (χ1v) is 11.7. The van der Waals surface area contributed by atoms with Crippen LogP contribution in [-0.2, 0) is 24.1 Å². The number of halogens is 6. The molecule has 1 amide bonds. The molecule has 0 atom stereocenters. The highest BCUT2D eigenvalue weighted by molar-refractivity contribution is 6.04. The first-order chi connectivity index (χ1) is 18.0. The van der Waals surface area contributed by atoms with Gasteiger partial charge in [0.2, 0.25) is 5.91 Å². The van der Waals surface area contributed by atoms with Gasteiger partial charge in [-0.25, -0.2) is 18.2 Å². The fraction of sp³-hybridized carbons (Fsp3) is 0.320. The van der Waals surface area contributed by atoms with Gasteiger partial charge in [-0.15, -0.1) is 0 Å². The first kappa shape index (κ1) is 25.8. The van der Waals surface area contributed by atoms with Gasteiger partial charge in [0.25, 0.3) is 5.56 Å². The number of fused-ring (bicyclic) bond motifs is 3. The van der Waals surface area contributed by atoms with Crippen LogP contribution in [0.5, 0.6) is 0 Å². The lowest BCUT2D eigenvalue weighted by atomic mass is 10.1. The molecule has 0 aliphatic carbocycles. The highest BCUT2D eigenvalue weighted by Crippen LogP contribution is 2.33. The Morgan fingerprint density at radius 1 is 1.00 bits per heavy atom. The van der Waals surface area contributed by atoms with E-state index in [0.717, 1.165) is 24.3 Å². The minimum Gasteiger partial charge on any atom is -0.349 e. The molecule has 7 nitrogen and oxygen atoms in total. The lowest BCUT2D eigenvalue weighted by Crippen LogP contribution is -2.48. The number of benzene rings is 2. The molecule has 1 saturated heterocycles. The Balaban J connectivity index is 1.21. The number of rotatable bonds is 5. The maximum Gasteiger partial charge on any atom is 0.416 e. The Kier molecular flexibility index (Phi) is 6.63. The van der Waals surface area contributed by atoms with E-state index in [1.165, 1.54) is 17.0 Å². The first-order valence-electron chi connectivity index (χ1n) is 11.7. The third-order valence-corrected chi connectivity index (χ3v) is 6.64. The molecule has 0 radical (unpaired) electrons. The van der Waals surface area contributed by atoms with Crippen molar-refractivity contribution >= 4 is 27.8 Å². The average molecular weight is 537 g/mol. The predicted octanol–water partition coefficient (Wildman–Crippen LogP) is 4.05. The molecule has 2 aromatic heterocycles. The standard InChI is InChI=1S/C25H21F6N5O2/c26-17-9-14(10-18(27)21(17)28)12-34-5-7-35(8-6-34)20(37)3-4-36-13-32-22-16-11-15(25(29,30)31)1-2-19(16)33-23(22)24(36)38/h1-2,9-11,13,33H,3-8,12H2. The fourth-order valence-corrected chi connectivity index (χ4v) is 4.61. The molecule has 1 aliphatic rings. The van der Waals surface area contributed by atoms with Gasteiger partial charge >= 0.3 is 6.18 Å². The van der Waals surface area contributed by atoms with Crippen LogP contribution in [0.2, 0.25) is 0 Å². The number of carbonyl (C=O) groups excluding carboxylic acids is 1. The third kappa shape index (κ3) is 4.97. The van der Waals surface area contributed by atoms with Gasteiger partial charge in [0.05, 0.1) is 11.9 Å². The van der Waals surface area contributed by atoms with E-state index in [-0.39, 0.29) is 47.4 Å². The normalized spacial score (nSPS) is 15.1. The number of amides is 1. The van der Waals surface area contributed by atoms with Crippen LogP contribution in [0.4, 0.5) is 26.3 Å². The smallest absolute Gasteiger partial charge is 0.349 e. The molecule has 1 fully saturated rings. The Hall–Kier alpha value is -3.87. The largest absolute Gasteiger partial charge is 0.416 e. The van der Waals surface area contributed by atoms with Gasteiger partial charge in [-0.3, -0.25) is 19.1 Å². The van der Waals surface area contributed by atoms with E-state index in [1.54, 1.807) is 4.90 Å². The minimum atomic E-state index is -4.53. The molecule has 13 heteroatoms. The van der Waals surface area contributed by atoms with Gasteiger partial charge in [-0.05, 0) is 35.9 Å². The maximum absolute atomic E-state index is 13.5. The molecule has 200 valence electrons. The van der Waals surface area contributed by atoms with E-state index in [9.17, 15) is 35.9 Å². The number of hydrogen-bond donors (Lipinski definition) is 1. The van der Waals surface area contributed by atoms with E-state index in [1.807, 2.05) is 4.90 Å². The molecule has 1 N–H and O–H groups in total. The lowest BCUT2D eigenvalue weighted by Gasteiger charge is -2.34. The minimum absolute atomic E-state index is 0.0000712. The fourth-order valence-electron chi connectivity index (χ4n) is 4.61. The molecule has 38 heavy (non-hydrogen) atoms. The van der Waals surface area contributed by atoms with E-state index in [0.29, 0.717) is 31.7 Å². The van der Waals surface area contributed by atoms with Crippen LogP contribution in [0.15, 0.2) is 41.5 Å². The number of aromatic nitrogens is 3.